The molecule has 0 fully saturated rings. The molecule has 5 nitrogen and oxygen atoms in total. The fraction of sp³-hybridized carbons (Fsp3) is 0.267. The molecule has 2 heterocycles. The van der Waals surface area contributed by atoms with Crippen LogP contribution in [0.5, 0.6) is 0 Å². The standard InChI is InChI=1S/C15H14N2O3/c1-3-10-4-5-13-12(7-10)14(18)15(19)17(13)8-11-6-9(2)16-20-11/h4-7H,3,8H2,1-2H3. The molecule has 102 valence electrons. The number of carbonyl (C=O) groups excluding carboxylic acids is 2. The van der Waals surface area contributed by atoms with E-state index in [9.17, 15) is 9.59 Å². The van der Waals surface area contributed by atoms with Crippen LogP contribution in [0.3, 0.4) is 0 Å². The van der Waals surface area contributed by atoms with Gasteiger partial charge in [0.1, 0.15) is 0 Å². The van der Waals surface area contributed by atoms with E-state index in [0.29, 0.717) is 17.0 Å². The molecule has 1 amide bonds. The van der Waals surface area contributed by atoms with Gasteiger partial charge in [-0.25, -0.2) is 0 Å². The molecule has 0 atom stereocenters. The van der Waals surface area contributed by atoms with Gasteiger partial charge in [0, 0.05) is 6.07 Å². The first-order valence-electron chi connectivity index (χ1n) is 6.51. The fourth-order valence-corrected chi connectivity index (χ4v) is 2.37. The second-order valence-corrected chi connectivity index (χ2v) is 4.86. The van der Waals surface area contributed by atoms with Gasteiger partial charge in [-0.05, 0) is 31.0 Å². The highest BCUT2D eigenvalue weighted by Gasteiger charge is 2.36. The van der Waals surface area contributed by atoms with Crippen molar-refractivity contribution >= 4 is 17.4 Å². The molecule has 0 saturated heterocycles. The molecule has 0 radical (unpaired) electrons. The molecule has 0 unspecified atom stereocenters. The first-order valence-corrected chi connectivity index (χ1v) is 6.51. The minimum atomic E-state index is -0.512. The van der Waals surface area contributed by atoms with Crippen molar-refractivity contribution in [2.75, 3.05) is 4.90 Å². The van der Waals surface area contributed by atoms with Crippen LogP contribution in [0.1, 0.15) is 34.3 Å². The van der Waals surface area contributed by atoms with Gasteiger partial charge < -0.3 is 4.52 Å². The number of fused-ring (bicyclic) bond motifs is 1. The summed E-state index contributed by atoms with van der Waals surface area (Å²) in [7, 11) is 0. The Balaban J connectivity index is 1.98. The Morgan fingerprint density at radius 1 is 1.25 bits per heavy atom. The highest BCUT2D eigenvalue weighted by Crippen LogP contribution is 2.31. The number of hydrogen-bond donors (Lipinski definition) is 0. The van der Waals surface area contributed by atoms with Gasteiger partial charge in [-0.15, -0.1) is 0 Å². The van der Waals surface area contributed by atoms with E-state index in [2.05, 4.69) is 5.16 Å². The summed E-state index contributed by atoms with van der Waals surface area (Å²) in [6.07, 6.45) is 0.829. The number of ketones is 1. The van der Waals surface area contributed by atoms with Gasteiger partial charge in [0.25, 0.3) is 11.7 Å². The van der Waals surface area contributed by atoms with Crippen LogP contribution in [-0.2, 0) is 17.8 Å². The molecule has 20 heavy (non-hydrogen) atoms. The first kappa shape index (κ1) is 12.6. The van der Waals surface area contributed by atoms with Gasteiger partial charge in [0.2, 0.25) is 0 Å². The van der Waals surface area contributed by atoms with E-state index in [0.717, 1.165) is 17.7 Å². The van der Waals surface area contributed by atoms with Crippen LogP contribution in [0.15, 0.2) is 28.8 Å². The smallest absolute Gasteiger partial charge is 0.299 e. The fourth-order valence-electron chi connectivity index (χ4n) is 2.37. The lowest BCUT2D eigenvalue weighted by atomic mass is 10.1. The summed E-state index contributed by atoms with van der Waals surface area (Å²) in [4.78, 5) is 25.6. The third-order valence-corrected chi connectivity index (χ3v) is 3.43. The normalized spacial score (nSPS) is 14.0. The van der Waals surface area contributed by atoms with E-state index in [4.69, 9.17) is 4.52 Å². The Morgan fingerprint density at radius 3 is 2.70 bits per heavy atom. The molecule has 1 aromatic carbocycles. The number of nitrogens with zero attached hydrogens (tertiary/aromatic N) is 2. The number of anilines is 1. The molecule has 1 aliphatic heterocycles. The SMILES string of the molecule is CCc1ccc2c(c1)C(=O)C(=O)N2Cc1cc(C)no1. The summed E-state index contributed by atoms with van der Waals surface area (Å²) in [5, 5.41) is 3.79. The van der Waals surface area contributed by atoms with Gasteiger partial charge in [0.15, 0.2) is 5.76 Å². The summed E-state index contributed by atoms with van der Waals surface area (Å²) >= 11 is 0. The van der Waals surface area contributed by atoms with E-state index in [-0.39, 0.29) is 6.54 Å². The van der Waals surface area contributed by atoms with Gasteiger partial charge in [-0.2, -0.15) is 0 Å². The maximum absolute atomic E-state index is 12.1. The van der Waals surface area contributed by atoms with Crippen LogP contribution < -0.4 is 4.90 Å². The molecule has 0 bridgehead atoms. The Morgan fingerprint density at radius 2 is 2.05 bits per heavy atom. The Kier molecular flexibility index (Phi) is 2.89. The van der Waals surface area contributed by atoms with E-state index >= 15 is 0 Å². The van der Waals surface area contributed by atoms with Crippen molar-refractivity contribution in [3.8, 4) is 0 Å². The Labute approximate surface area is 116 Å². The zero-order chi connectivity index (χ0) is 14.3. The zero-order valence-corrected chi connectivity index (χ0v) is 11.3. The van der Waals surface area contributed by atoms with Crippen molar-refractivity contribution in [1.29, 1.82) is 0 Å². The summed E-state index contributed by atoms with van der Waals surface area (Å²) < 4.78 is 5.11. The number of amides is 1. The predicted octanol–water partition coefficient (Wildman–Crippen LogP) is 2.27. The lowest BCUT2D eigenvalue weighted by Crippen LogP contribution is -2.28. The molecule has 0 spiro atoms. The molecule has 1 aromatic heterocycles. The van der Waals surface area contributed by atoms with Crippen LogP contribution in [0.25, 0.3) is 0 Å². The monoisotopic (exact) mass is 270 g/mol. The van der Waals surface area contributed by atoms with Crippen LogP contribution in [0.2, 0.25) is 0 Å². The van der Waals surface area contributed by atoms with Gasteiger partial charge in [-0.3, -0.25) is 14.5 Å². The number of benzene rings is 1. The molecule has 3 rings (SSSR count). The number of hydrogen-bond acceptors (Lipinski definition) is 4. The summed E-state index contributed by atoms with van der Waals surface area (Å²) in [5.41, 5.74) is 2.92. The number of aromatic nitrogens is 1. The average molecular weight is 270 g/mol. The van der Waals surface area contributed by atoms with Crippen molar-refractivity contribution in [3.63, 3.8) is 0 Å². The van der Waals surface area contributed by atoms with E-state index < -0.39 is 11.7 Å². The molecule has 0 saturated carbocycles. The van der Waals surface area contributed by atoms with Crippen molar-refractivity contribution < 1.29 is 14.1 Å². The third kappa shape index (κ3) is 1.91. The number of aryl methyl sites for hydroxylation is 2. The number of Topliss-reactive ketones (excluding diaryl/α,β-unsaturated/α-hetero) is 1. The minimum Gasteiger partial charge on any atom is -0.359 e. The topological polar surface area (TPSA) is 63.4 Å². The van der Waals surface area contributed by atoms with Crippen molar-refractivity contribution in [3.05, 3.63) is 46.8 Å². The number of carbonyl (C=O) groups is 2. The second kappa shape index (κ2) is 4.59. The maximum atomic E-state index is 12.1. The van der Waals surface area contributed by atoms with Gasteiger partial charge >= 0.3 is 0 Å². The lowest BCUT2D eigenvalue weighted by molar-refractivity contribution is -0.114. The van der Waals surface area contributed by atoms with Crippen LogP contribution in [0, 0.1) is 6.92 Å². The van der Waals surface area contributed by atoms with E-state index in [1.165, 1.54) is 4.90 Å². The van der Waals surface area contributed by atoms with E-state index in [1.807, 2.05) is 26.0 Å². The summed E-state index contributed by atoms with van der Waals surface area (Å²) in [5.74, 6) is -0.398. The van der Waals surface area contributed by atoms with Crippen LogP contribution >= 0.6 is 0 Å². The molecular weight excluding hydrogens is 256 g/mol. The largest absolute Gasteiger partial charge is 0.359 e. The Bertz CT molecular complexity index is 703. The minimum absolute atomic E-state index is 0.226. The first-order chi connectivity index (χ1) is 9.60. The van der Waals surface area contributed by atoms with Crippen molar-refractivity contribution in [2.24, 2.45) is 0 Å². The van der Waals surface area contributed by atoms with Gasteiger partial charge in [-0.1, -0.05) is 18.1 Å². The lowest BCUT2D eigenvalue weighted by Gasteiger charge is -2.14. The molecule has 2 aromatic rings. The average Bonchev–Trinajstić information content (AvgIpc) is 2.96. The Hall–Kier alpha value is -2.43. The highest BCUT2D eigenvalue weighted by molar-refractivity contribution is 6.52. The third-order valence-electron chi connectivity index (χ3n) is 3.43. The predicted molar refractivity (Wildman–Crippen MR) is 72.6 cm³/mol. The van der Waals surface area contributed by atoms with E-state index in [1.54, 1.807) is 12.1 Å². The van der Waals surface area contributed by atoms with Gasteiger partial charge in [0.05, 0.1) is 23.5 Å². The zero-order valence-electron chi connectivity index (χ0n) is 11.3. The highest BCUT2D eigenvalue weighted by atomic mass is 16.5. The molecule has 1 aliphatic rings. The molecule has 0 N–H and O–H groups in total. The van der Waals surface area contributed by atoms with Crippen molar-refractivity contribution in [1.82, 2.24) is 5.16 Å². The molecular formula is C15H14N2O3. The summed E-state index contributed by atoms with van der Waals surface area (Å²) in [6, 6.07) is 7.31. The quantitative estimate of drug-likeness (QED) is 0.803. The van der Waals surface area contributed by atoms with Crippen LogP contribution in [0.4, 0.5) is 5.69 Å². The number of rotatable bonds is 3. The van der Waals surface area contributed by atoms with Crippen LogP contribution in [-0.4, -0.2) is 16.8 Å². The molecule has 5 heteroatoms. The summed E-state index contributed by atoms with van der Waals surface area (Å²) in [6.45, 7) is 4.05. The second-order valence-electron chi connectivity index (χ2n) is 4.86. The van der Waals surface area contributed by atoms with Crippen molar-refractivity contribution in [2.45, 2.75) is 26.8 Å². The maximum Gasteiger partial charge on any atom is 0.299 e. The molecule has 0 aliphatic carbocycles.